The zero-order valence-electron chi connectivity index (χ0n) is 15.7. The molecule has 144 valence electrons. The molecule has 1 fully saturated rings. The van der Waals surface area contributed by atoms with Crippen molar-refractivity contribution in [3.05, 3.63) is 41.1 Å². The smallest absolute Gasteiger partial charge is 0.258 e. The zero-order chi connectivity index (χ0) is 19.6. The number of hydrogen-bond donors (Lipinski definition) is 1. The maximum absolute atomic E-state index is 14.9. The molecule has 0 bridgehead atoms. The lowest BCUT2D eigenvalue weighted by atomic mass is 9.99. The fourth-order valence-corrected chi connectivity index (χ4v) is 4.27. The lowest BCUT2D eigenvalue weighted by molar-refractivity contribution is 0.0679. The minimum absolute atomic E-state index is 0.0287. The Kier molecular flexibility index (Phi) is 3.67. The Morgan fingerprint density at radius 1 is 1.32 bits per heavy atom. The fourth-order valence-electron chi connectivity index (χ4n) is 4.27. The maximum atomic E-state index is 14.9. The Bertz CT molecular complexity index is 1130. The van der Waals surface area contributed by atoms with Gasteiger partial charge in [0, 0.05) is 36.4 Å². The Hall–Kier alpha value is -3.00. The number of carbonyl (C=O) groups is 1. The first-order valence-corrected chi connectivity index (χ1v) is 9.25. The molecule has 1 unspecified atom stereocenters. The third-order valence-electron chi connectivity index (χ3n) is 5.65. The van der Waals surface area contributed by atoms with Crippen LogP contribution in [-0.2, 0) is 18.3 Å². The van der Waals surface area contributed by atoms with Crippen LogP contribution in [0.1, 0.15) is 28.2 Å². The molecule has 1 amide bonds. The van der Waals surface area contributed by atoms with Gasteiger partial charge >= 0.3 is 0 Å². The first-order chi connectivity index (χ1) is 13.5. The standard InChI is InChI=1S/C20H20FN5O2/c1-10-13(7-25(2)24-10)16-14(21)4-3-12-18(22)17-15(23-19(12)16)8-26(20(17)27)11-5-6-28-9-11/h3-4,7,11H,5-6,8-9H2,1-2H3,(H2,22,23). The van der Waals surface area contributed by atoms with Crippen LogP contribution in [0.4, 0.5) is 10.1 Å². The number of amides is 1. The van der Waals surface area contributed by atoms with E-state index < -0.39 is 0 Å². The highest BCUT2D eigenvalue weighted by molar-refractivity contribution is 6.11. The molecule has 1 atom stereocenters. The number of nitrogens with zero attached hydrogens (tertiary/aromatic N) is 4. The van der Waals surface area contributed by atoms with Gasteiger partial charge in [0.15, 0.2) is 0 Å². The second-order valence-electron chi connectivity index (χ2n) is 7.42. The molecule has 2 aliphatic heterocycles. The van der Waals surface area contributed by atoms with E-state index >= 15 is 0 Å². The number of carbonyl (C=O) groups excluding carboxylic acids is 1. The number of rotatable bonds is 2. The number of anilines is 1. The Morgan fingerprint density at radius 2 is 2.14 bits per heavy atom. The highest BCUT2D eigenvalue weighted by atomic mass is 19.1. The van der Waals surface area contributed by atoms with E-state index in [1.807, 2.05) is 6.92 Å². The molecule has 1 saturated heterocycles. The molecule has 0 saturated carbocycles. The summed E-state index contributed by atoms with van der Waals surface area (Å²) in [6, 6.07) is 2.99. The number of ether oxygens (including phenoxy) is 1. The van der Waals surface area contributed by atoms with Crippen molar-refractivity contribution in [2.24, 2.45) is 7.05 Å². The number of halogens is 1. The number of pyridine rings is 1. The van der Waals surface area contributed by atoms with E-state index in [2.05, 4.69) is 5.10 Å². The molecule has 0 spiro atoms. The molecule has 1 aromatic carbocycles. The second kappa shape index (κ2) is 6.00. The summed E-state index contributed by atoms with van der Waals surface area (Å²) in [6.45, 7) is 3.36. The van der Waals surface area contributed by atoms with Crippen molar-refractivity contribution in [3.63, 3.8) is 0 Å². The van der Waals surface area contributed by atoms with E-state index in [9.17, 15) is 9.18 Å². The average molecular weight is 381 g/mol. The predicted molar refractivity (Wildman–Crippen MR) is 102 cm³/mol. The number of aromatic nitrogens is 3. The summed E-state index contributed by atoms with van der Waals surface area (Å²) in [5.41, 5.74) is 9.98. The van der Waals surface area contributed by atoms with Crippen LogP contribution in [0.2, 0.25) is 0 Å². The van der Waals surface area contributed by atoms with Gasteiger partial charge in [-0.2, -0.15) is 5.10 Å². The average Bonchev–Trinajstić information content (AvgIpc) is 3.35. The van der Waals surface area contributed by atoms with Crippen molar-refractivity contribution < 1.29 is 13.9 Å². The van der Waals surface area contributed by atoms with Crippen LogP contribution in [0.25, 0.3) is 22.0 Å². The number of hydrogen-bond acceptors (Lipinski definition) is 5. The van der Waals surface area contributed by atoms with E-state index in [1.54, 1.807) is 28.9 Å². The molecule has 2 aromatic heterocycles. The van der Waals surface area contributed by atoms with Gasteiger partial charge in [-0.3, -0.25) is 9.48 Å². The summed E-state index contributed by atoms with van der Waals surface area (Å²) in [7, 11) is 1.79. The molecule has 2 N–H and O–H groups in total. The summed E-state index contributed by atoms with van der Waals surface area (Å²) in [5.74, 6) is -0.512. The Balaban J connectivity index is 1.73. The minimum Gasteiger partial charge on any atom is -0.397 e. The largest absolute Gasteiger partial charge is 0.397 e. The first kappa shape index (κ1) is 17.1. The third-order valence-corrected chi connectivity index (χ3v) is 5.65. The van der Waals surface area contributed by atoms with E-state index in [0.29, 0.717) is 64.4 Å². The van der Waals surface area contributed by atoms with Crippen molar-refractivity contribution in [1.82, 2.24) is 19.7 Å². The van der Waals surface area contributed by atoms with Gasteiger partial charge in [-0.25, -0.2) is 9.37 Å². The molecule has 28 heavy (non-hydrogen) atoms. The molecule has 0 radical (unpaired) electrons. The van der Waals surface area contributed by atoms with Crippen LogP contribution in [0, 0.1) is 12.7 Å². The third kappa shape index (κ3) is 2.34. The second-order valence-corrected chi connectivity index (χ2v) is 7.42. The summed E-state index contributed by atoms with van der Waals surface area (Å²) >= 11 is 0. The Labute approximate surface area is 160 Å². The monoisotopic (exact) mass is 381 g/mol. The van der Waals surface area contributed by atoms with Gasteiger partial charge in [-0.05, 0) is 25.5 Å². The van der Waals surface area contributed by atoms with Crippen molar-refractivity contribution in [1.29, 1.82) is 0 Å². The number of aryl methyl sites for hydroxylation is 2. The van der Waals surface area contributed by atoms with Crippen LogP contribution < -0.4 is 5.73 Å². The Morgan fingerprint density at radius 3 is 2.82 bits per heavy atom. The topological polar surface area (TPSA) is 86.3 Å². The minimum atomic E-state index is -0.388. The summed E-state index contributed by atoms with van der Waals surface area (Å²) < 4.78 is 21.9. The first-order valence-electron chi connectivity index (χ1n) is 9.25. The number of fused-ring (bicyclic) bond motifs is 2. The molecular formula is C20H20FN5O2. The molecule has 2 aliphatic rings. The van der Waals surface area contributed by atoms with Crippen molar-refractivity contribution >= 4 is 22.5 Å². The lowest BCUT2D eigenvalue weighted by Crippen LogP contribution is -2.35. The normalized spacial score (nSPS) is 19.0. The maximum Gasteiger partial charge on any atom is 0.258 e. The number of benzene rings is 1. The number of nitrogens with two attached hydrogens (primary N) is 1. The predicted octanol–water partition coefficient (Wildman–Crippen LogP) is 2.41. The molecule has 8 heteroatoms. The molecule has 4 heterocycles. The zero-order valence-corrected chi connectivity index (χ0v) is 15.7. The summed E-state index contributed by atoms with van der Waals surface area (Å²) in [5, 5.41) is 4.90. The van der Waals surface area contributed by atoms with Crippen LogP contribution in [-0.4, -0.2) is 44.8 Å². The van der Waals surface area contributed by atoms with Crippen molar-refractivity contribution in [2.75, 3.05) is 18.9 Å². The van der Waals surface area contributed by atoms with Crippen LogP contribution in [0.5, 0.6) is 0 Å². The van der Waals surface area contributed by atoms with Gasteiger partial charge in [-0.1, -0.05) is 0 Å². The van der Waals surface area contributed by atoms with Gasteiger partial charge in [0.1, 0.15) is 5.82 Å². The summed E-state index contributed by atoms with van der Waals surface area (Å²) in [6.07, 6.45) is 2.57. The van der Waals surface area contributed by atoms with Gasteiger partial charge in [0.05, 0.1) is 47.3 Å². The van der Waals surface area contributed by atoms with Crippen LogP contribution >= 0.6 is 0 Å². The van der Waals surface area contributed by atoms with Gasteiger partial charge < -0.3 is 15.4 Å². The lowest BCUT2D eigenvalue weighted by Gasteiger charge is -2.21. The van der Waals surface area contributed by atoms with Crippen molar-refractivity contribution in [2.45, 2.75) is 25.9 Å². The van der Waals surface area contributed by atoms with E-state index in [4.69, 9.17) is 15.5 Å². The molecular weight excluding hydrogens is 361 g/mol. The van der Waals surface area contributed by atoms with Crippen LogP contribution in [0.15, 0.2) is 18.3 Å². The SMILES string of the molecule is Cc1nn(C)cc1-c1c(F)ccc2c(N)c3c(nc12)CN(C1CCOC1)C3=O. The van der Waals surface area contributed by atoms with Gasteiger partial charge in [-0.15, -0.1) is 0 Å². The number of nitrogen functional groups attached to an aromatic ring is 1. The van der Waals surface area contributed by atoms with E-state index in [1.165, 1.54) is 6.07 Å². The van der Waals surface area contributed by atoms with Crippen molar-refractivity contribution in [3.8, 4) is 11.1 Å². The van der Waals surface area contributed by atoms with E-state index in [-0.39, 0.29) is 17.8 Å². The molecule has 5 rings (SSSR count). The highest BCUT2D eigenvalue weighted by Crippen LogP contribution is 2.39. The van der Waals surface area contributed by atoms with Gasteiger partial charge in [0.2, 0.25) is 0 Å². The molecule has 0 aliphatic carbocycles. The summed E-state index contributed by atoms with van der Waals surface area (Å²) in [4.78, 5) is 19.5. The van der Waals surface area contributed by atoms with Crippen LogP contribution in [0.3, 0.4) is 0 Å². The highest BCUT2D eigenvalue weighted by Gasteiger charge is 2.38. The fraction of sp³-hybridized carbons (Fsp3) is 0.350. The quantitative estimate of drug-likeness (QED) is 0.737. The molecule has 7 nitrogen and oxygen atoms in total. The molecule has 3 aromatic rings. The van der Waals surface area contributed by atoms with Gasteiger partial charge in [0.25, 0.3) is 5.91 Å². The van der Waals surface area contributed by atoms with E-state index in [0.717, 1.165) is 6.42 Å².